The summed E-state index contributed by atoms with van der Waals surface area (Å²) in [4.78, 5) is 10.8. The molecule has 0 heterocycles. The Morgan fingerprint density at radius 3 is 2.67 bits per heavy atom. The van der Waals surface area contributed by atoms with Gasteiger partial charge in [-0.05, 0) is 49.8 Å². The fraction of sp³-hybridized carbons (Fsp3) is 0.500. The summed E-state index contributed by atoms with van der Waals surface area (Å²) in [5, 5.41) is 12.0. The third-order valence-corrected chi connectivity index (χ3v) is 3.63. The molecule has 0 amide bonds. The molecule has 3 nitrogen and oxygen atoms in total. The van der Waals surface area contributed by atoms with Crippen molar-refractivity contribution in [3.63, 3.8) is 0 Å². The smallest absolute Gasteiger partial charge is 0.320 e. The molecule has 1 fully saturated rings. The molecule has 2 rings (SSSR count). The fourth-order valence-corrected chi connectivity index (χ4v) is 2.60. The van der Waals surface area contributed by atoms with Crippen molar-refractivity contribution in [1.29, 1.82) is 0 Å². The Hall–Kier alpha value is -1.42. The molecule has 0 aromatic heterocycles. The minimum Gasteiger partial charge on any atom is -0.480 e. The van der Waals surface area contributed by atoms with Gasteiger partial charge in [-0.1, -0.05) is 12.1 Å². The van der Waals surface area contributed by atoms with Crippen molar-refractivity contribution in [2.45, 2.75) is 44.2 Å². The van der Waals surface area contributed by atoms with Gasteiger partial charge in [0.1, 0.15) is 11.9 Å². The van der Waals surface area contributed by atoms with Gasteiger partial charge in [0.25, 0.3) is 0 Å². The van der Waals surface area contributed by atoms with E-state index in [2.05, 4.69) is 5.32 Å². The number of benzene rings is 1. The van der Waals surface area contributed by atoms with Crippen LogP contribution in [0.15, 0.2) is 24.3 Å². The molecule has 0 saturated heterocycles. The lowest BCUT2D eigenvalue weighted by Crippen LogP contribution is -2.40. The standard InChI is InChI=1S/C14H18FNO2/c1-9(14(17)18)16-13-7-4-11(8-13)10-2-5-12(15)6-3-10/h2-3,5-6,9,11,13,16H,4,7-8H2,1H3,(H,17,18)/t9-,11?,13?/m1/s1. The summed E-state index contributed by atoms with van der Waals surface area (Å²) >= 11 is 0. The second-order valence-electron chi connectivity index (χ2n) is 4.99. The summed E-state index contributed by atoms with van der Waals surface area (Å²) in [6, 6.07) is 6.34. The first-order chi connectivity index (χ1) is 8.56. The number of rotatable bonds is 4. The molecule has 1 aliphatic rings. The van der Waals surface area contributed by atoms with E-state index in [1.54, 1.807) is 6.92 Å². The zero-order valence-corrected chi connectivity index (χ0v) is 10.4. The van der Waals surface area contributed by atoms with Crippen LogP contribution in [0.2, 0.25) is 0 Å². The highest BCUT2D eigenvalue weighted by atomic mass is 19.1. The highest BCUT2D eigenvalue weighted by Crippen LogP contribution is 2.34. The zero-order chi connectivity index (χ0) is 13.1. The van der Waals surface area contributed by atoms with Gasteiger partial charge in [0.05, 0.1) is 0 Å². The molecule has 1 saturated carbocycles. The molecule has 1 aliphatic carbocycles. The van der Waals surface area contributed by atoms with Gasteiger partial charge in [0.2, 0.25) is 0 Å². The van der Waals surface area contributed by atoms with Crippen LogP contribution < -0.4 is 5.32 Å². The van der Waals surface area contributed by atoms with Gasteiger partial charge in [0.15, 0.2) is 0 Å². The Kier molecular flexibility index (Phi) is 3.97. The third kappa shape index (κ3) is 3.07. The largest absolute Gasteiger partial charge is 0.480 e. The van der Waals surface area contributed by atoms with Crippen LogP contribution in [0.25, 0.3) is 0 Å². The Morgan fingerprint density at radius 2 is 2.06 bits per heavy atom. The van der Waals surface area contributed by atoms with E-state index in [1.807, 2.05) is 12.1 Å². The van der Waals surface area contributed by atoms with Gasteiger partial charge in [0, 0.05) is 6.04 Å². The van der Waals surface area contributed by atoms with Crippen LogP contribution in [-0.2, 0) is 4.79 Å². The molecule has 3 atom stereocenters. The highest BCUT2D eigenvalue weighted by Gasteiger charge is 2.27. The number of nitrogens with one attached hydrogen (secondary N) is 1. The molecule has 0 radical (unpaired) electrons. The van der Waals surface area contributed by atoms with Crippen LogP contribution in [0, 0.1) is 5.82 Å². The molecular weight excluding hydrogens is 233 g/mol. The summed E-state index contributed by atoms with van der Waals surface area (Å²) in [7, 11) is 0. The van der Waals surface area contributed by atoms with Gasteiger partial charge in [-0.3, -0.25) is 4.79 Å². The SMILES string of the molecule is C[C@@H](NC1CCC(c2ccc(F)cc2)C1)C(=O)O. The van der Waals surface area contributed by atoms with E-state index in [-0.39, 0.29) is 11.9 Å². The maximum absolute atomic E-state index is 12.8. The Morgan fingerprint density at radius 1 is 1.39 bits per heavy atom. The number of carboxylic acids is 1. The van der Waals surface area contributed by atoms with Crippen LogP contribution in [0.1, 0.15) is 37.7 Å². The van der Waals surface area contributed by atoms with Gasteiger partial charge >= 0.3 is 5.97 Å². The number of hydrogen-bond acceptors (Lipinski definition) is 2. The first-order valence-corrected chi connectivity index (χ1v) is 6.30. The molecule has 18 heavy (non-hydrogen) atoms. The Labute approximate surface area is 106 Å². The van der Waals surface area contributed by atoms with Crippen LogP contribution in [0.5, 0.6) is 0 Å². The molecule has 0 spiro atoms. The van der Waals surface area contributed by atoms with Crippen molar-refractivity contribution in [3.05, 3.63) is 35.6 Å². The lowest BCUT2D eigenvalue weighted by atomic mass is 9.97. The normalized spacial score (nSPS) is 25.0. The second kappa shape index (κ2) is 5.48. The van der Waals surface area contributed by atoms with Gasteiger partial charge in [-0.15, -0.1) is 0 Å². The Balaban J connectivity index is 1.92. The van der Waals surface area contributed by atoms with E-state index in [9.17, 15) is 9.18 Å². The number of hydrogen-bond donors (Lipinski definition) is 2. The topological polar surface area (TPSA) is 49.3 Å². The lowest BCUT2D eigenvalue weighted by Gasteiger charge is -2.16. The molecule has 2 unspecified atom stereocenters. The summed E-state index contributed by atoms with van der Waals surface area (Å²) in [6.45, 7) is 1.66. The molecule has 0 bridgehead atoms. The number of aliphatic carboxylic acids is 1. The molecule has 98 valence electrons. The predicted molar refractivity (Wildman–Crippen MR) is 67.0 cm³/mol. The van der Waals surface area contributed by atoms with Crippen molar-refractivity contribution in [2.75, 3.05) is 0 Å². The molecule has 2 N–H and O–H groups in total. The number of halogens is 1. The van der Waals surface area contributed by atoms with Crippen molar-refractivity contribution >= 4 is 5.97 Å². The number of carbonyl (C=O) groups is 1. The molecular formula is C14H18FNO2. The van der Waals surface area contributed by atoms with Crippen molar-refractivity contribution in [2.24, 2.45) is 0 Å². The van der Waals surface area contributed by atoms with E-state index in [4.69, 9.17) is 5.11 Å². The van der Waals surface area contributed by atoms with E-state index in [0.29, 0.717) is 5.92 Å². The quantitative estimate of drug-likeness (QED) is 0.864. The fourth-order valence-electron chi connectivity index (χ4n) is 2.60. The van der Waals surface area contributed by atoms with Gasteiger partial charge in [-0.25, -0.2) is 4.39 Å². The second-order valence-corrected chi connectivity index (χ2v) is 4.99. The average molecular weight is 251 g/mol. The van der Waals surface area contributed by atoms with Crippen LogP contribution in [0.4, 0.5) is 4.39 Å². The maximum Gasteiger partial charge on any atom is 0.320 e. The average Bonchev–Trinajstić information content (AvgIpc) is 2.78. The first kappa shape index (κ1) is 13.0. The Bertz CT molecular complexity index is 418. The highest BCUT2D eigenvalue weighted by molar-refractivity contribution is 5.72. The van der Waals surface area contributed by atoms with E-state index >= 15 is 0 Å². The van der Waals surface area contributed by atoms with Crippen molar-refractivity contribution in [3.8, 4) is 0 Å². The molecule has 4 heteroatoms. The van der Waals surface area contributed by atoms with E-state index in [1.165, 1.54) is 12.1 Å². The molecule has 1 aromatic rings. The maximum atomic E-state index is 12.8. The van der Waals surface area contributed by atoms with Crippen LogP contribution in [-0.4, -0.2) is 23.2 Å². The van der Waals surface area contributed by atoms with Crippen LogP contribution >= 0.6 is 0 Å². The predicted octanol–water partition coefficient (Wildman–Crippen LogP) is 2.52. The number of carboxylic acid groups (broad SMARTS) is 1. The van der Waals surface area contributed by atoms with Gasteiger partial charge in [-0.2, -0.15) is 0 Å². The lowest BCUT2D eigenvalue weighted by molar-refractivity contribution is -0.139. The summed E-state index contributed by atoms with van der Waals surface area (Å²) in [6.07, 6.45) is 2.92. The third-order valence-electron chi connectivity index (χ3n) is 3.63. The minimum absolute atomic E-state index is 0.217. The summed E-state index contributed by atoms with van der Waals surface area (Å²) < 4.78 is 12.8. The van der Waals surface area contributed by atoms with Crippen molar-refractivity contribution in [1.82, 2.24) is 5.32 Å². The first-order valence-electron chi connectivity index (χ1n) is 6.30. The van der Waals surface area contributed by atoms with E-state index < -0.39 is 12.0 Å². The summed E-state index contributed by atoms with van der Waals surface area (Å²) in [5.74, 6) is -0.629. The van der Waals surface area contributed by atoms with Crippen LogP contribution in [0.3, 0.4) is 0 Å². The summed E-state index contributed by atoms with van der Waals surface area (Å²) in [5.41, 5.74) is 1.14. The zero-order valence-electron chi connectivity index (χ0n) is 10.4. The van der Waals surface area contributed by atoms with Gasteiger partial charge < -0.3 is 10.4 Å². The molecule has 0 aliphatic heterocycles. The monoisotopic (exact) mass is 251 g/mol. The van der Waals surface area contributed by atoms with E-state index in [0.717, 1.165) is 24.8 Å². The molecule has 1 aromatic carbocycles. The minimum atomic E-state index is -0.819. The van der Waals surface area contributed by atoms with Crippen molar-refractivity contribution < 1.29 is 14.3 Å².